The molecule has 1 heterocycles. The normalized spacial score (nSPS) is 17.1. The first-order chi connectivity index (χ1) is 10.6. The summed E-state index contributed by atoms with van der Waals surface area (Å²) in [7, 11) is -3.85. The van der Waals surface area contributed by atoms with E-state index in [0.717, 1.165) is 0 Å². The monoisotopic (exact) mass is 357 g/mol. The van der Waals surface area contributed by atoms with E-state index in [1.54, 1.807) is 10.1 Å². The minimum Gasteiger partial charge on any atom is -0.398 e. The van der Waals surface area contributed by atoms with Gasteiger partial charge in [0.15, 0.2) is 0 Å². The number of halogens is 1. The molecule has 0 bridgehead atoms. The van der Waals surface area contributed by atoms with Crippen LogP contribution in [0.5, 0.6) is 0 Å². The molecule has 0 aliphatic carbocycles. The second-order valence-corrected chi connectivity index (χ2v) is 7.94. The molecule has 0 spiro atoms. The molecule has 1 aromatic rings. The van der Waals surface area contributed by atoms with Crippen LogP contribution < -0.4 is 5.73 Å². The number of anilines is 1. The first-order valence-corrected chi connectivity index (χ1v) is 8.91. The molecule has 7 nitrogen and oxygen atoms in total. The Labute approximate surface area is 141 Å². The van der Waals surface area contributed by atoms with Crippen molar-refractivity contribution in [1.29, 1.82) is 0 Å². The molecule has 2 rings (SSSR count). The lowest BCUT2D eigenvalue weighted by Crippen LogP contribution is -2.39. The molecule has 0 unspecified atom stereocenters. The number of rotatable bonds is 5. The lowest BCUT2D eigenvalue weighted by molar-refractivity contribution is 0.0545. The quantitative estimate of drug-likeness (QED) is 0.495. The smallest absolute Gasteiger partial charge is 0.283 e. The summed E-state index contributed by atoms with van der Waals surface area (Å²) in [5.74, 6) is 0. The van der Waals surface area contributed by atoms with E-state index in [-0.39, 0.29) is 15.3 Å². The highest BCUT2D eigenvalue weighted by atomic mass is 35.5. The molecule has 0 amide bonds. The number of hydrazone groups is 1. The number of nitrogen functional groups attached to an aromatic ring is 1. The second-order valence-electron chi connectivity index (χ2n) is 5.90. The number of hydrogen-bond donors (Lipinski definition) is 1. The van der Waals surface area contributed by atoms with Gasteiger partial charge in [0.1, 0.15) is 6.34 Å². The zero-order valence-corrected chi connectivity index (χ0v) is 14.8. The molecular weight excluding hydrogens is 338 g/mol. The van der Waals surface area contributed by atoms with Gasteiger partial charge in [-0.15, -0.1) is 4.40 Å². The molecular formula is C14H20ClN5O2S. The summed E-state index contributed by atoms with van der Waals surface area (Å²) >= 11 is 5.87. The Hall–Kier alpha value is -1.80. The number of hydrazine groups is 1. The van der Waals surface area contributed by atoms with E-state index in [2.05, 4.69) is 23.3 Å². The summed E-state index contributed by atoms with van der Waals surface area (Å²) in [5, 5.41) is 7.78. The summed E-state index contributed by atoms with van der Waals surface area (Å²) in [6.45, 7) is 7.18. The highest BCUT2D eigenvalue weighted by Gasteiger charge is 2.27. The van der Waals surface area contributed by atoms with E-state index in [0.29, 0.717) is 18.8 Å². The highest BCUT2D eigenvalue weighted by Crippen LogP contribution is 2.24. The van der Waals surface area contributed by atoms with Gasteiger partial charge in [0.25, 0.3) is 10.0 Å². The van der Waals surface area contributed by atoms with Crippen LogP contribution in [0.25, 0.3) is 0 Å². The van der Waals surface area contributed by atoms with Crippen LogP contribution in [0.4, 0.5) is 5.69 Å². The molecule has 2 N–H and O–H groups in total. The summed E-state index contributed by atoms with van der Waals surface area (Å²) in [6.07, 6.45) is 3.09. The summed E-state index contributed by atoms with van der Waals surface area (Å²) in [4.78, 5) is -0.00532. The third kappa shape index (κ3) is 4.14. The SMILES string of the molecule is CCN(C=NS(=O)(=O)c1ccc(N)c(Cl)c1)N1CC(C)(C)C=N1. The van der Waals surface area contributed by atoms with Crippen molar-refractivity contribution in [2.75, 3.05) is 18.8 Å². The van der Waals surface area contributed by atoms with Crippen LogP contribution in [0.15, 0.2) is 32.6 Å². The Morgan fingerprint density at radius 3 is 2.74 bits per heavy atom. The molecule has 0 atom stereocenters. The maximum atomic E-state index is 12.3. The summed E-state index contributed by atoms with van der Waals surface area (Å²) < 4.78 is 28.3. The number of benzene rings is 1. The Balaban J connectivity index is 2.19. The van der Waals surface area contributed by atoms with E-state index in [4.69, 9.17) is 17.3 Å². The Kier molecular flexibility index (Phi) is 4.86. The van der Waals surface area contributed by atoms with Crippen LogP contribution in [-0.4, -0.2) is 44.2 Å². The fourth-order valence-corrected chi connectivity index (χ4v) is 3.08. The highest BCUT2D eigenvalue weighted by molar-refractivity contribution is 7.90. The molecule has 0 fully saturated rings. The van der Waals surface area contributed by atoms with Crippen molar-refractivity contribution in [2.24, 2.45) is 14.9 Å². The van der Waals surface area contributed by atoms with Crippen molar-refractivity contribution < 1.29 is 8.42 Å². The van der Waals surface area contributed by atoms with Gasteiger partial charge >= 0.3 is 0 Å². The molecule has 1 aliphatic heterocycles. The first kappa shape index (κ1) is 17.6. The van der Waals surface area contributed by atoms with E-state index in [1.165, 1.54) is 24.5 Å². The summed E-state index contributed by atoms with van der Waals surface area (Å²) in [6, 6.07) is 4.11. The molecule has 0 radical (unpaired) electrons. The fraction of sp³-hybridized carbons (Fsp3) is 0.429. The van der Waals surface area contributed by atoms with Gasteiger partial charge in [-0.25, -0.2) is 5.12 Å². The van der Waals surface area contributed by atoms with E-state index in [9.17, 15) is 8.42 Å². The van der Waals surface area contributed by atoms with Crippen LogP contribution >= 0.6 is 11.6 Å². The van der Waals surface area contributed by atoms with Gasteiger partial charge in [-0.3, -0.25) is 5.01 Å². The minimum atomic E-state index is -3.85. The van der Waals surface area contributed by atoms with Gasteiger partial charge in [0.05, 0.1) is 22.2 Å². The van der Waals surface area contributed by atoms with Gasteiger partial charge in [-0.05, 0) is 25.1 Å². The second kappa shape index (κ2) is 6.37. The number of sulfonamides is 1. The summed E-state index contributed by atoms with van der Waals surface area (Å²) in [5.41, 5.74) is 5.84. The van der Waals surface area contributed by atoms with Crippen LogP contribution in [0.1, 0.15) is 20.8 Å². The average Bonchev–Trinajstić information content (AvgIpc) is 2.82. The van der Waals surface area contributed by atoms with Gasteiger partial charge < -0.3 is 5.73 Å². The van der Waals surface area contributed by atoms with Crippen molar-refractivity contribution in [3.05, 3.63) is 23.2 Å². The largest absolute Gasteiger partial charge is 0.398 e. The van der Waals surface area contributed by atoms with Gasteiger partial charge in [-0.1, -0.05) is 25.4 Å². The van der Waals surface area contributed by atoms with Crippen molar-refractivity contribution >= 4 is 39.9 Å². The maximum Gasteiger partial charge on any atom is 0.283 e. The minimum absolute atomic E-state index is 0.00532. The lowest BCUT2D eigenvalue weighted by Gasteiger charge is -2.28. The number of nitrogens with zero attached hydrogens (tertiary/aromatic N) is 4. The van der Waals surface area contributed by atoms with Crippen molar-refractivity contribution in [1.82, 2.24) is 10.1 Å². The Bertz CT molecular complexity index is 746. The zero-order chi connectivity index (χ0) is 17.3. The van der Waals surface area contributed by atoms with E-state index in [1.807, 2.05) is 13.1 Å². The van der Waals surface area contributed by atoms with Crippen LogP contribution in [-0.2, 0) is 10.0 Å². The van der Waals surface area contributed by atoms with Crippen molar-refractivity contribution in [3.63, 3.8) is 0 Å². The standard InChI is InChI=1S/C14H20ClN5O2S/c1-4-19(20-9-14(2,3)8-17-20)10-18-23(21,22)11-5-6-13(16)12(15)7-11/h5-8,10H,4,9,16H2,1-3H3. The molecule has 1 aromatic carbocycles. The molecule has 0 saturated carbocycles. The van der Waals surface area contributed by atoms with Crippen molar-refractivity contribution in [3.8, 4) is 0 Å². The van der Waals surface area contributed by atoms with E-state index < -0.39 is 10.0 Å². The van der Waals surface area contributed by atoms with E-state index >= 15 is 0 Å². The molecule has 126 valence electrons. The van der Waals surface area contributed by atoms with Crippen LogP contribution in [0, 0.1) is 5.41 Å². The van der Waals surface area contributed by atoms with Gasteiger partial charge in [0.2, 0.25) is 0 Å². The fourth-order valence-electron chi connectivity index (χ4n) is 1.98. The lowest BCUT2D eigenvalue weighted by atomic mass is 9.97. The van der Waals surface area contributed by atoms with Gasteiger partial charge in [-0.2, -0.15) is 13.5 Å². The predicted molar refractivity (Wildman–Crippen MR) is 92.9 cm³/mol. The molecule has 0 aromatic heterocycles. The zero-order valence-electron chi connectivity index (χ0n) is 13.3. The third-order valence-corrected chi connectivity index (χ3v) is 4.85. The van der Waals surface area contributed by atoms with Gasteiger partial charge in [0, 0.05) is 18.2 Å². The predicted octanol–water partition coefficient (Wildman–Crippen LogP) is 2.20. The molecule has 0 saturated heterocycles. The van der Waals surface area contributed by atoms with Crippen molar-refractivity contribution in [2.45, 2.75) is 25.7 Å². The number of nitrogens with two attached hydrogens (primary N) is 1. The number of hydrogen-bond acceptors (Lipinski definition) is 5. The molecule has 9 heteroatoms. The molecule has 23 heavy (non-hydrogen) atoms. The first-order valence-electron chi connectivity index (χ1n) is 7.09. The third-order valence-electron chi connectivity index (χ3n) is 3.30. The topological polar surface area (TPSA) is 91.4 Å². The maximum absolute atomic E-state index is 12.3. The molecule has 1 aliphatic rings. The Morgan fingerprint density at radius 2 is 2.22 bits per heavy atom. The average molecular weight is 358 g/mol. The van der Waals surface area contributed by atoms with Crippen LogP contribution in [0.3, 0.4) is 0 Å². The van der Waals surface area contributed by atoms with Crippen LogP contribution in [0.2, 0.25) is 5.02 Å². The Morgan fingerprint density at radius 1 is 1.52 bits per heavy atom.